The summed E-state index contributed by atoms with van der Waals surface area (Å²) in [4.78, 5) is 35.8. The Morgan fingerprint density at radius 2 is 0.684 bits per heavy atom. The van der Waals surface area contributed by atoms with E-state index in [2.05, 4.69) is 22.1 Å². The molecule has 0 saturated carbocycles. The van der Waals surface area contributed by atoms with Crippen molar-refractivity contribution < 1.29 is 9.97 Å². The van der Waals surface area contributed by atoms with Gasteiger partial charge in [0.2, 0.25) is 32.9 Å². The summed E-state index contributed by atoms with van der Waals surface area (Å²) in [5.41, 5.74) is 3.23. The molecule has 0 atom stereocenters. The molecule has 174 valence electrons. The molecule has 0 radical (unpaired) electrons. The predicted octanol–water partition coefficient (Wildman–Crippen LogP) is 6.14. The first-order valence-electron chi connectivity index (χ1n) is 12.7. The van der Waals surface area contributed by atoms with Gasteiger partial charge in [0.05, 0.1) is 21.5 Å². The number of fused-ring (bicyclic) bond motifs is 10. The molecule has 0 bridgehead atoms. The average molecular weight is 487 g/mol. The third kappa shape index (κ3) is 2.22. The lowest BCUT2D eigenvalue weighted by atomic mass is 9.87. The maximum absolute atomic E-state index is 14.3. The van der Waals surface area contributed by atoms with Crippen LogP contribution in [-0.4, -0.2) is 0 Å². The third-order valence-electron chi connectivity index (χ3n) is 8.25. The van der Waals surface area contributed by atoms with Crippen molar-refractivity contribution in [3.8, 4) is 0 Å². The molecule has 0 aliphatic carbocycles. The summed E-state index contributed by atoms with van der Waals surface area (Å²) < 4.78 is 0. The van der Waals surface area contributed by atoms with Gasteiger partial charge in [-0.1, -0.05) is 72.8 Å². The zero-order chi connectivity index (χ0) is 25.1. The molecule has 0 aliphatic heterocycles. The fraction of sp³-hybridized carbons (Fsp3) is 0. The van der Waals surface area contributed by atoms with E-state index in [1.165, 1.54) is 0 Å². The highest BCUT2D eigenvalue weighted by Crippen LogP contribution is 2.42. The Bertz CT molecular complexity index is 2420. The zero-order valence-electron chi connectivity index (χ0n) is 20.1. The highest BCUT2D eigenvalue weighted by atomic mass is 16.1. The van der Waals surface area contributed by atoms with Gasteiger partial charge in [-0.25, -0.2) is 9.97 Å². The summed E-state index contributed by atoms with van der Waals surface area (Å²) in [6.07, 6.45) is 0. The van der Waals surface area contributed by atoms with Gasteiger partial charge >= 0.3 is 0 Å². The van der Waals surface area contributed by atoms with E-state index in [9.17, 15) is 9.59 Å². The van der Waals surface area contributed by atoms with Crippen LogP contribution in [0.15, 0.2) is 107 Å². The Morgan fingerprint density at radius 3 is 1.11 bits per heavy atom. The largest absolute Gasteiger partial charge is 0.288 e. The van der Waals surface area contributed by atoms with E-state index in [0.29, 0.717) is 32.6 Å². The molecule has 7 aromatic carbocycles. The van der Waals surface area contributed by atoms with Gasteiger partial charge in [0.1, 0.15) is 10.8 Å². The normalized spacial score (nSPS) is 12.4. The van der Waals surface area contributed by atoms with E-state index < -0.39 is 0 Å². The number of hydrogen-bond acceptors (Lipinski definition) is 2. The SMILES string of the molecule is O=c1c2ccccc2c2c3ccccc3[nH+]c3c4c(=O)c5ccccc5c5c6ccccc6[nH+]c(c1c32)c45. The second-order valence-corrected chi connectivity index (χ2v) is 10.1. The number of H-pyrrole nitrogens is 2. The number of pyridine rings is 2. The van der Waals surface area contributed by atoms with E-state index in [1.54, 1.807) is 0 Å². The summed E-state index contributed by atoms with van der Waals surface area (Å²) >= 11 is 0. The van der Waals surface area contributed by atoms with E-state index >= 15 is 0 Å². The molecule has 2 heterocycles. The van der Waals surface area contributed by atoms with E-state index in [4.69, 9.17) is 0 Å². The van der Waals surface area contributed by atoms with Gasteiger partial charge in [0.25, 0.3) is 0 Å². The number of aromatic nitrogens is 2. The summed E-state index contributed by atoms with van der Waals surface area (Å²) in [5.74, 6) is 0. The lowest BCUT2D eigenvalue weighted by Gasteiger charge is -2.13. The number of hydrogen-bond donors (Lipinski definition) is 0. The molecule has 0 amide bonds. The van der Waals surface area contributed by atoms with Crippen LogP contribution in [0.25, 0.3) is 86.7 Å². The minimum atomic E-state index is -0.0304. The van der Waals surface area contributed by atoms with Gasteiger partial charge in [-0.05, 0) is 22.9 Å². The van der Waals surface area contributed by atoms with Crippen molar-refractivity contribution in [3.05, 3.63) is 118 Å². The van der Waals surface area contributed by atoms with Gasteiger partial charge in [0.15, 0.2) is 0 Å². The molecule has 4 nitrogen and oxygen atoms in total. The first-order valence-corrected chi connectivity index (χ1v) is 12.7. The minimum absolute atomic E-state index is 0.0304. The molecule has 2 aromatic heterocycles. The van der Waals surface area contributed by atoms with Crippen molar-refractivity contribution in [1.29, 1.82) is 0 Å². The van der Waals surface area contributed by atoms with Crippen molar-refractivity contribution in [2.24, 2.45) is 0 Å². The van der Waals surface area contributed by atoms with Crippen LogP contribution in [0.4, 0.5) is 0 Å². The smallest absolute Gasteiger partial charge is 0.225 e. The Hall–Kier alpha value is -5.22. The van der Waals surface area contributed by atoms with Crippen LogP contribution in [0, 0.1) is 0 Å². The average Bonchev–Trinajstić information content (AvgIpc) is 2.97. The molecule has 0 aliphatic rings. The fourth-order valence-corrected chi connectivity index (χ4v) is 6.74. The summed E-state index contributed by atoms with van der Waals surface area (Å²) in [6, 6.07) is 31.9. The first-order chi connectivity index (χ1) is 18.7. The molecular formula is C34H18N2O2+2. The van der Waals surface area contributed by atoms with Gasteiger partial charge < -0.3 is 0 Å². The van der Waals surface area contributed by atoms with Gasteiger partial charge in [-0.2, -0.15) is 0 Å². The van der Waals surface area contributed by atoms with Crippen molar-refractivity contribution in [2.75, 3.05) is 0 Å². The monoisotopic (exact) mass is 486 g/mol. The quantitative estimate of drug-likeness (QED) is 0.191. The van der Waals surface area contributed by atoms with E-state index in [0.717, 1.165) is 54.1 Å². The molecule has 9 aromatic rings. The standard InChI is InChI=1S/C34H16N2O2/c37-33-19-11-3-1-9-17(19)25-21-13-5-7-15-23(21)35-31-27(25)29(33)32-28-26(22-14-6-8-16-24(22)36-32)18-10-2-4-12-20(18)34(38)30(28)31/h1-16H/p+2. The van der Waals surface area contributed by atoms with Gasteiger partial charge in [-0.15, -0.1) is 0 Å². The minimum Gasteiger partial charge on any atom is -0.288 e. The summed E-state index contributed by atoms with van der Waals surface area (Å²) in [6.45, 7) is 0. The number of nitrogens with one attached hydrogen (secondary N) is 2. The van der Waals surface area contributed by atoms with Crippen LogP contribution in [0.1, 0.15) is 0 Å². The highest BCUT2D eigenvalue weighted by molar-refractivity contribution is 6.40. The first kappa shape index (κ1) is 19.9. The van der Waals surface area contributed by atoms with Crippen molar-refractivity contribution >= 4 is 86.7 Å². The second-order valence-electron chi connectivity index (χ2n) is 10.1. The summed E-state index contributed by atoms with van der Waals surface area (Å²) in [5, 5.41) is 10.0. The molecule has 0 saturated heterocycles. The van der Waals surface area contributed by atoms with Gasteiger partial charge in [-0.3, -0.25) is 9.59 Å². The predicted molar refractivity (Wildman–Crippen MR) is 155 cm³/mol. The third-order valence-corrected chi connectivity index (χ3v) is 8.25. The maximum atomic E-state index is 14.3. The van der Waals surface area contributed by atoms with Gasteiger partial charge in [0, 0.05) is 33.7 Å². The van der Waals surface area contributed by atoms with E-state index in [-0.39, 0.29) is 10.9 Å². The number of para-hydroxylation sites is 2. The van der Waals surface area contributed by atoms with Crippen molar-refractivity contribution in [2.45, 2.75) is 0 Å². The van der Waals surface area contributed by atoms with Crippen molar-refractivity contribution in [1.82, 2.24) is 0 Å². The zero-order valence-corrected chi connectivity index (χ0v) is 20.1. The lowest BCUT2D eigenvalue weighted by Crippen LogP contribution is -2.19. The Labute approximate surface area is 214 Å². The summed E-state index contributed by atoms with van der Waals surface area (Å²) in [7, 11) is 0. The highest BCUT2D eigenvalue weighted by Gasteiger charge is 2.30. The van der Waals surface area contributed by atoms with Crippen LogP contribution in [0.5, 0.6) is 0 Å². The van der Waals surface area contributed by atoms with Crippen LogP contribution >= 0.6 is 0 Å². The molecule has 0 spiro atoms. The number of rotatable bonds is 0. The molecule has 4 heteroatoms. The van der Waals surface area contributed by atoms with Crippen LogP contribution < -0.4 is 20.8 Å². The molecule has 9 rings (SSSR count). The molecule has 2 N–H and O–H groups in total. The number of aromatic amines is 2. The van der Waals surface area contributed by atoms with E-state index in [1.807, 2.05) is 84.9 Å². The molecular weight excluding hydrogens is 468 g/mol. The van der Waals surface area contributed by atoms with Crippen LogP contribution in [-0.2, 0) is 0 Å². The fourth-order valence-electron chi connectivity index (χ4n) is 6.74. The topological polar surface area (TPSA) is 62.4 Å². The Balaban J connectivity index is 1.81. The Morgan fingerprint density at radius 1 is 0.342 bits per heavy atom. The maximum Gasteiger partial charge on any atom is 0.225 e. The molecule has 0 fully saturated rings. The lowest BCUT2D eigenvalue weighted by molar-refractivity contribution is -0.311. The molecule has 38 heavy (non-hydrogen) atoms. The second kappa shape index (κ2) is 6.75. The van der Waals surface area contributed by atoms with Crippen LogP contribution in [0.3, 0.4) is 0 Å². The Kier molecular flexibility index (Phi) is 3.54. The molecule has 0 unspecified atom stereocenters. The van der Waals surface area contributed by atoms with Crippen LogP contribution in [0.2, 0.25) is 0 Å². The van der Waals surface area contributed by atoms with Crippen molar-refractivity contribution in [3.63, 3.8) is 0 Å². The number of benzene rings is 7.